The lowest BCUT2D eigenvalue weighted by Gasteiger charge is -2.11. The van der Waals surface area contributed by atoms with Gasteiger partial charge in [0, 0.05) is 22.7 Å². The second-order valence-electron chi connectivity index (χ2n) is 7.02. The zero-order valence-electron chi connectivity index (χ0n) is 16.6. The summed E-state index contributed by atoms with van der Waals surface area (Å²) in [5, 5.41) is 9.46. The minimum atomic E-state index is -1.29. The Labute approximate surface area is 170 Å². The summed E-state index contributed by atoms with van der Waals surface area (Å²) in [4.78, 5) is 25.3. The van der Waals surface area contributed by atoms with Crippen molar-refractivity contribution in [1.82, 2.24) is 4.57 Å². The Morgan fingerprint density at radius 1 is 1.20 bits per heavy atom. The van der Waals surface area contributed by atoms with E-state index in [1.54, 1.807) is 6.92 Å². The summed E-state index contributed by atoms with van der Waals surface area (Å²) in [6.45, 7) is 4.98. The van der Waals surface area contributed by atoms with E-state index in [1.807, 2.05) is 6.92 Å². The molecule has 3 aromatic rings. The number of benzene rings is 2. The fourth-order valence-corrected chi connectivity index (χ4v) is 3.28. The highest BCUT2D eigenvalue weighted by Gasteiger charge is 2.27. The summed E-state index contributed by atoms with van der Waals surface area (Å²) in [7, 11) is 0. The van der Waals surface area contributed by atoms with Gasteiger partial charge in [-0.2, -0.15) is 0 Å². The van der Waals surface area contributed by atoms with E-state index >= 15 is 0 Å². The second-order valence-corrected chi connectivity index (χ2v) is 7.02. The van der Waals surface area contributed by atoms with Crippen molar-refractivity contribution in [3.05, 3.63) is 64.6 Å². The van der Waals surface area contributed by atoms with E-state index in [9.17, 15) is 27.9 Å². The quantitative estimate of drug-likeness (QED) is 0.612. The van der Waals surface area contributed by atoms with Gasteiger partial charge in [-0.25, -0.2) is 13.2 Å². The van der Waals surface area contributed by atoms with Crippen LogP contribution in [0.15, 0.2) is 30.3 Å². The summed E-state index contributed by atoms with van der Waals surface area (Å²) >= 11 is 0. The molecule has 1 heterocycles. The first kappa shape index (κ1) is 21.4. The Hall–Kier alpha value is -3.29. The molecule has 0 saturated heterocycles. The van der Waals surface area contributed by atoms with Gasteiger partial charge >= 0.3 is 5.97 Å². The number of nitrogens with zero attached hydrogens (tertiary/aromatic N) is 1. The molecule has 0 fully saturated rings. The van der Waals surface area contributed by atoms with Crippen molar-refractivity contribution in [1.29, 1.82) is 0 Å². The Morgan fingerprint density at radius 2 is 1.90 bits per heavy atom. The topological polar surface area (TPSA) is 68.5 Å². The number of halogens is 3. The van der Waals surface area contributed by atoms with Crippen LogP contribution in [0.3, 0.4) is 0 Å². The second kappa shape index (κ2) is 8.22. The molecule has 1 aromatic heterocycles. The average molecular weight is 419 g/mol. The molecular formula is C22H20F3NO4. The maximum atomic E-state index is 14.8. The van der Waals surface area contributed by atoms with Gasteiger partial charge in [-0.15, -0.1) is 0 Å². The fourth-order valence-electron chi connectivity index (χ4n) is 3.28. The van der Waals surface area contributed by atoms with E-state index in [4.69, 9.17) is 4.74 Å². The van der Waals surface area contributed by atoms with E-state index in [0.29, 0.717) is 6.42 Å². The molecule has 0 spiro atoms. The molecule has 8 heteroatoms. The average Bonchev–Trinajstić information content (AvgIpc) is 2.96. The molecule has 0 aliphatic heterocycles. The van der Waals surface area contributed by atoms with Crippen molar-refractivity contribution < 1.29 is 32.6 Å². The maximum absolute atomic E-state index is 14.8. The summed E-state index contributed by atoms with van der Waals surface area (Å²) in [5.74, 6) is -5.81. The number of aromatic hydroxyl groups is 1. The molecule has 0 unspecified atom stereocenters. The molecule has 0 aliphatic carbocycles. The molecule has 5 nitrogen and oxygen atoms in total. The number of hydrogen-bond acceptors (Lipinski definition) is 4. The summed E-state index contributed by atoms with van der Waals surface area (Å²) < 4.78 is 48.7. The lowest BCUT2D eigenvalue weighted by Crippen LogP contribution is -2.17. The van der Waals surface area contributed by atoms with Gasteiger partial charge < -0.3 is 9.84 Å². The zero-order valence-corrected chi connectivity index (χ0v) is 16.6. The molecular weight excluding hydrogens is 399 g/mol. The summed E-state index contributed by atoms with van der Waals surface area (Å²) in [6, 6.07) is 5.66. The number of hydrogen-bond donors (Lipinski definition) is 1. The standard InChI is InChI=1S/C22H20F3NO4/c1-4-11(2)30-18(27)9-15-12(3)26(22(29)13-6-5-7-14(23)8-13)17-10-16(24)21(28)20(25)19(15)17/h5-8,10-11,28H,4,9H2,1-3H3/t11-/m1/s1. The molecule has 1 N–H and O–H groups in total. The summed E-state index contributed by atoms with van der Waals surface area (Å²) in [6.07, 6.45) is -0.181. The normalized spacial score (nSPS) is 12.2. The number of carbonyl (C=O) groups excluding carboxylic acids is 2. The number of phenolic OH excluding ortho intramolecular Hbond substituents is 1. The van der Waals surface area contributed by atoms with Gasteiger partial charge in [0.2, 0.25) is 0 Å². The van der Waals surface area contributed by atoms with Crippen LogP contribution in [0.2, 0.25) is 0 Å². The highest BCUT2D eigenvalue weighted by atomic mass is 19.1. The van der Waals surface area contributed by atoms with Crippen LogP contribution in [0.25, 0.3) is 10.9 Å². The first-order valence-corrected chi connectivity index (χ1v) is 9.36. The van der Waals surface area contributed by atoms with Crippen LogP contribution in [0.5, 0.6) is 5.75 Å². The number of fused-ring (bicyclic) bond motifs is 1. The number of phenols is 1. The van der Waals surface area contributed by atoms with Crippen LogP contribution in [-0.4, -0.2) is 27.7 Å². The molecule has 158 valence electrons. The van der Waals surface area contributed by atoms with Gasteiger partial charge in [0.05, 0.1) is 18.0 Å². The third kappa shape index (κ3) is 3.77. The van der Waals surface area contributed by atoms with E-state index < -0.39 is 41.5 Å². The Kier molecular flexibility index (Phi) is 5.87. The molecule has 0 bridgehead atoms. The number of aromatic nitrogens is 1. The van der Waals surface area contributed by atoms with Crippen LogP contribution in [0, 0.1) is 24.4 Å². The lowest BCUT2D eigenvalue weighted by atomic mass is 10.1. The molecule has 0 saturated carbocycles. The van der Waals surface area contributed by atoms with Crippen molar-refractivity contribution in [2.24, 2.45) is 0 Å². The Bertz CT molecular complexity index is 1150. The highest BCUT2D eigenvalue weighted by molar-refractivity contribution is 6.05. The molecule has 30 heavy (non-hydrogen) atoms. The van der Waals surface area contributed by atoms with Gasteiger partial charge in [0.25, 0.3) is 5.91 Å². The maximum Gasteiger partial charge on any atom is 0.310 e. The molecule has 0 aliphatic rings. The smallest absolute Gasteiger partial charge is 0.310 e. The molecule has 0 amide bonds. The molecule has 1 atom stereocenters. The third-order valence-electron chi connectivity index (χ3n) is 4.99. The Balaban J connectivity index is 2.22. The number of esters is 1. The van der Waals surface area contributed by atoms with Crippen molar-refractivity contribution in [2.75, 3.05) is 0 Å². The van der Waals surface area contributed by atoms with Gasteiger partial charge in [0.1, 0.15) is 5.82 Å². The molecule has 3 rings (SSSR count). The third-order valence-corrected chi connectivity index (χ3v) is 4.99. The number of rotatable bonds is 5. The predicted octanol–water partition coefficient (Wildman–Crippen LogP) is 4.65. The van der Waals surface area contributed by atoms with Crippen molar-refractivity contribution in [3.63, 3.8) is 0 Å². The molecule has 2 aromatic carbocycles. The predicted molar refractivity (Wildman–Crippen MR) is 104 cm³/mol. The first-order valence-electron chi connectivity index (χ1n) is 9.36. The lowest BCUT2D eigenvalue weighted by molar-refractivity contribution is -0.147. The van der Waals surface area contributed by atoms with Crippen LogP contribution in [0.4, 0.5) is 13.2 Å². The SMILES string of the molecule is CC[C@@H](C)OC(=O)Cc1c(C)n(C(=O)c2cccc(F)c2)c2cc(F)c(O)c(F)c12. The monoisotopic (exact) mass is 419 g/mol. The fraction of sp³-hybridized carbons (Fsp3) is 0.273. The summed E-state index contributed by atoms with van der Waals surface area (Å²) in [5.41, 5.74) is 0.0126. The van der Waals surface area contributed by atoms with Crippen LogP contribution >= 0.6 is 0 Å². The van der Waals surface area contributed by atoms with Crippen LogP contribution in [-0.2, 0) is 16.0 Å². The van der Waals surface area contributed by atoms with E-state index in [-0.39, 0.29) is 33.8 Å². The van der Waals surface area contributed by atoms with Crippen molar-refractivity contribution in [2.45, 2.75) is 39.7 Å². The number of ether oxygens (including phenoxy) is 1. The van der Waals surface area contributed by atoms with Gasteiger partial charge in [-0.3, -0.25) is 14.2 Å². The van der Waals surface area contributed by atoms with Gasteiger partial charge in [0.15, 0.2) is 17.4 Å². The number of carbonyl (C=O) groups is 2. The zero-order chi connectivity index (χ0) is 22.2. The minimum absolute atomic E-state index is 0.0439. The van der Waals surface area contributed by atoms with Crippen molar-refractivity contribution in [3.8, 4) is 5.75 Å². The molecule has 0 radical (unpaired) electrons. The Morgan fingerprint density at radius 3 is 2.53 bits per heavy atom. The van der Waals surface area contributed by atoms with E-state index in [1.165, 1.54) is 19.1 Å². The van der Waals surface area contributed by atoms with Crippen LogP contribution < -0.4 is 0 Å². The van der Waals surface area contributed by atoms with Gasteiger partial charge in [-0.05, 0) is 44.0 Å². The largest absolute Gasteiger partial charge is 0.503 e. The highest BCUT2D eigenvalue weighted by Crippen LogP contribution is 2.35. The van der Waals surface area contributed by atoms with Crippen molar-refractivity contribution >= 4 is 22.8 Å². The van der Waals surface area contributed by atoms with Gasteiger partial charge in [-0.1, -0.05) is 13.0 Å². The van der Waals surface area contributed by atoms with E-state index in [2.05, 4.69) is 0 Å². The van der Waals surface area contributed by atoms with E-state index in [0.717, 1.165) is 22.8 Å². The first-order chi connectivity index (χ1) is 14.1. The minimum Gasteiger partial charge on any atom is -0.503 e. The van der Waals surface area contributed by atoms with Crippen LogP contribution in [0.1, 0.15) is 41.9 Å².